The molecule has 1 heterocycles. The molecule has 4 aromatic rings. The SMILES string of the molecule is CCCc1nc2c(C)cc(NC(=C[N+](=O)[O-])N(C)C)cc2n1Cc1ccc(-c2ccccc2C(=O)OC)cc1. The minimum Gasteiger partial charge on any atom is -0.465 e. The van der Waals surface area contributed by atoms with E-state index in [-0.39, 0.29) is 5.97 Å². The number of aryl methyl sites for hydroxylation is 2. The molecule has 0 saturated carbocycles. The number of ether oxygens (including phenoxy) is 1. The van der Waals surface area contributed by atoms with Crippen molar-refractivity contribution in [1.82, 2.24) is 14.5 Å². The fraction of sp³-hybridized carbons (Fsp3) is 0.267. The molecule has 0 aliphatic rings. The van der Waals surface area contributed by atoms with Gasteiger partial charge in [-0.25, -0.2) is 9.78 Å². The zero-order valence-electron chi connectivity index (χ0n) is 22.9. The molecule has 0 radical (unpaired) electrons. The molecule has 9 nitrogen and oxygen atoms in total. The van der Waals surface area contributed by atoms with Gasteiger partial charge in [0.05, 0.1) is 28.6 Å². The molecule has 0 bridgehead atoms. The summed E-state index contributed by atoms with van der Waals surface area (Å²) in [7, 11) is 4.89. The van der Waals surface area contributed by atoms with Gasteiger partial charge in [0.15, 0.2) is 5.82 Å². The third kappa shape index (κ3) is 6.09. The lowest BCUT2D eigenvalue weighted by Gasteiger charge is -2.17. The van der Waals surface area contributed by atoms with Gasteiger partial charge in [0.25, 0.3) is 6.20 Å². The Kier molecular flexibility index (Phi) is 8.29. The maximum atomic E-state index is 12.2. The Balaban J connectivity index is 1.72. The standard InChI is InChI=1S/C30H33N5O4/c1-6-9-27-32-29-20(2)16-23(31-28(33(3)4)19-35(37)38)17-26(29)34(27)18-21-12-14-22(15-13-21)24-10-7-8-11-25(24)30(36)39-5/h7-8,10-17,19,31H,6,9,18H2,1-5H3. The van der Waals surface area contributed by atoms with Gasteiger partial charge in [0, 0.05) is 32.7 Å². The molecule has 4 rings (SSSR count). The maximum Gasteiger partial charge on any atom is 0.338 e. The molecular weight excluding hydrogens is 494 g/mol. The van der Waals surface area contributed by atoms with Crippen molar-refractivity contribution < 1.29 is 14.5 Å². The number of nitrogens with one attached hydrogen (secondary N) is 1. The lowest BCUT2D eigenvalue weighted by atomic mass is 9.98. The number of fused-ring (bicyclic) bond motifs is 1. The highest BCUT2D eigenvalue weighted by atomic mass is 16.6. The number of nitrogens with zero attached hydrogens (tertiary/aromatic N) is 4. The van der Waals surface area contributed by atoms with Crippen molar-refractivity contribution in [3.63, 3.8) is 0 Å². The number of aromatic nitrogens is 2. The van der Waals surface area contributed by atoms with Gasteiger partial charge in [0.1, 0.15) is 5.82 Å². The van der Waals surface area contributed by atoms with Crippen LogP contribution in [0.15, 0.2) is 72.7 Å². The smallest absolute Gasteiger partial charge is 0.338 e. The summed E-state index contributed by atoms with van der Waals surface area (Å²) in [5.74, 6) is 0.997. The van der Waals surface area contributed by atoms with Gasteiger partial charge >= 0.3 is 5.97 Å². The molecule has 0 saturated heterocycles. The van der Waals surface area contributed by atoms with Crippen LogP contribution in [0.3, 0.4) is 0 Å². The van der Waals surface area contributed by atoms with Crippen LogP contribution in [-0.2, 0) is 17.7 Å². The van der Waals surface area contributed by atoms with Crippen LogP contribution in [0.2, 0.25) is 0 Å². The number of methoxy groups -OCH3 is 1. The quantitative estimate of drug-likeness (QED) is 0.157. The summed E-state index contributed by atoms with van der Waals surface area (Å²) in [4.78, 5) is 29.5. The molecule has 39 heavy (non-hydrogen) atoms. The highest BCUT2D eigenvalue weighted by molar-refractivity contribution is 5.97. The summed E-state index contributed by atoms with van der Waals surface area (Å²) in [5.41, 5.74) is 6.97. The van der Waals surface area contributed by atoms with Gasteiger partial charge in [-0.15, -0.1) is 0 Å². The highest BCUT2D eigenvalue weighted by Crippen LogP contribution is 2.29. The summed E-state index contributed by atoms with van der Waals surface area (Å²) in [6.07, 6.45) is 2.73. The van der Waals surface area contributed by atoms with Gasteiger partial charge in [-0.2, -0.15) is 0 Å². The molecule has 0 unspecified atom stereocenters. The second-order valence-corrected chi connectivity index (χ2v) is 9.58. The van der Waals surface area contributed by atoms with Gasteiger partial charge in [-0.1, -0.05) is 49.4 Å². The molecule has 0 spiro atoms. The summed E-state index contributed by atoms with van der Waals surface area (Å²) in [6, 6.07) is 19.5. The number of benzene rings is 3. The Labute approximate surface area is 227 Å². The Hall–Kier alpha value is -4.66. The number of hydrogen-bond acceptors (Lipinski definition) is 7. The van der Waals surface area contributed by atoms with Gasteiger partial charge in [-0.05, 0) is 53.8 Å². The highest BCUT2D eigenvalue weighted by Gasteiger charge is 2.16. The Morgan fingerprint density at radius 1 is 1.15 bits per heavy atom. The van der Waals surface area contributed by atoms with Gasteiger partial charge < -0.3 is 19.5 Å². The van der Waals surface area contributed by atoms with Crippen LogP contribution >= 0.6 is 0 Å². The number of nitro groups is 1. The first kappa shape index (κ1) is 27.4. The lowest BCUT2D eigenvalue weighted by Crippen LogP contribution is -2.19. The molecule has 0 aliphatic carbocycles. The topological polar surface area (TPSA) is 103 Å². The van der Waals surface area contributed by atoms with Crippen LogP contribution in [0, 0.1) is 17.0 Å². The zero-order chi connectivity index (χ0) is 28.1. The Morgan fingerprint density at radius 2 is 1.87 bits per heavy atom. The van der Waals surface area contributed by atoms with E-state index in [1.54, 1.807) is 25.1 Å². The molecular formula is C30H33N5O4. The third-order valence-electron chi connectivity index (χ3n) is 6.52. The van der Waals surface area contributed by atoms with E-state index in [2.05, 4.69) is 28.9 Å². The van der Waals surface area contributed by atoms with E-state index >= 15 is 0 Å². The van der Waals surface area contributed by atoms with Crippen LogP contribution < -0.4 is 5.32 Å². The predicted molar refractivity (Wildman–Crippen MR) is 153 cm³/mol. The normalized spacial score (nSPS) is 11.5. The van der Waals surface area contributed by atoms with Crippen LogP contribution in [0.5, 0.6) is 0 Å². The Morgan fingerprint density at radius 3 is 2.51 bits per heavy atom. The molecule has 0 amide bonds. The summed E-state index contributed by atoms with van der Waals surface area (Å²) < 4.78 is 7.16. The van der Waals surface area contributed by atoms with Gasteiger partial charge in [0.2, 0.25) is 0 Å². The first-order valence-corrected chi connectivity index (χ1v) is 12.8. The van der Waals surface area contributed by atoms with Crippen molar-refractivity contribution in [3.8, 4) is 11.1 Å². The molecule has 0 aliphatic heterocycles. The minimum absolute atomic E-state index is 0.367. The average molecular weight is 528 g/mol. The van der Waals surface area contributed by atoms with Crippen LogP contribution in [0.4, 0.5) is 5.69 Å². The minimum atomic E-state index is -0.468. The summed E-state index contributed by atoms with van der Waals surface area (Å²) in [6.45, 7) is 4.74. The molecule has 0 atom stereocenters. The fourth-order valence-electron chi connectivity index (χ4n) is 4.61. The zero-order valence-corrected chi connectivity index (χ0v) is 22.9. The second kappa shape index (κ2) is 11.8. The van der Waals surface area contributed by atoms with E-state index in [0.29, 0.717) is 17.9 Å². The number of hydrogen-bond donors (Lipinski definition) is 1. The molecule has 1 aromatic heterocycles. The molecule has 0 fully saturated rings. The van der Waals surface area contributed by atoms with Crippen LogP contribution in [-0.4, -0.2) is 46.5 Å². The van der Waals surface area contributed by atoms with E-state index in [1.165, 1.54) is 7.11 Å². The molecule has 1 N–H and O–H groups in total. The monoisotopic (exact) mass is 527 g/mol. The van der Waals surface area contributed by atoms with E-state index in [1.807, 2.05) is 49.4 Å². The number of esters is 1. The number of anilines is 1. The van der Waals surface area contributed by atoms with Crippen molar-refractivity contribution in [3.05, 3.63) is 105 Å². The van der Waals surface area contributed by atoms with Crippen LogP contribution in [0.1, 0.15) is 40.7 Å². The van der Waals surface area contributed by atoms with Crippen molar-refractivity contribution in [2.24, 2.45) is 0 Å². The molecule has 3 aromatic carbocycles. The lowest BCUT2D eigenvalue weighted by molar-refractivity contribution is -0.404. The van der Waals surface area contributed by atoms with Crippen molar-refractivity contribution >= 4 is 22.7 Å². The third-order valence-corrected chi connectivity index (χ3v) is 6.52. The first-order valence-electron chi connectivity index (χ1n) is 12.8. The maximum absolute atomic E-state index is 12.2. The van der Waals surface area contributed by atoms with Gasteiger partial charge in [-0.3, -0.25) is 10.1 Å². The molecule has 9 heteroatoms. The summed E-state index contributed by atoms with van der Waals surface area (Å²) in [5, 5.41) is 14.3. The Bertz CT molecular complexity index is 1540. The fourth-order valence-corrected chi connectivity index (χ4v) is 4.61. The average Bonchev–Trinajstić information content (AvgIpc) is 3.25. The van der Waals surface area contributed by atoms with Crippen molar-refractivity contribution in [2.45, 2.75) is 33.2 Å². The largest absolute Gasteiger partial charge is 0.465 e. The van der Waals surface area contributed by atoms with Crippen molar-refractivity contribution in [2.75, 3.05) is 26.5 Å². The number of carbonyl (C=O) groups is 1. The van der Waals surface area contributed by atoms with E-state index < -0.39 is 4.92 Å². The first-order chi connectivity index (χ1) is 18.7. The number of imidazole rings is 1. The number of carbonyl (C=O) groups excluding carboxylic acids is 1. The van der Waals surface area contributed by atoms with Crippen molar-refractivity contribution in [1.29, 1.82) is 0 Å². The second-order valence-electron chi connectivity index (χ2n) is 9.58. The van der Waals surface area contributed by atoms with E-state index in [4.69, 9.17) is 9.72 Å². The number of rotatable bonds is 10. The van der Waals surface area contributed by atoms with Crippen LogP contribution in [0.25, 0.3) is 22.2 Å². The molecule has 202 valence electrons. The van der Waals surface area contributed by atoms with E-state index in [0.717, 1.165) is 63.8 Å². The predicted octanol–water partition coefficient (Wildman–Crippen LogP) is 5.85. The van der Waals surface area contributed by atoms with E-state index in [9.17, 15) is 14.9 Å². The summed E-state index contributed by atoms with van der Waals surface area (Å²) >= 11 is 0.